The lowest BCUT2D eigenvalue weighted by Gasteiger charge is -2.17. The standard InChI is InChI=1S/C13H24N4O3/c1-4-6-17-11(14)10(12(19)16(3)13(17)20)15-8-9(2)5-7-18/h9,15,18H,4-8,14H2,1-3H3. The monoisotopic (exact) mass is 284 g/mol. The van der Waals surface area contributed by atoms with Gasteiger partial charge in [-0.1, -0.05) is 13.8 Å². The molecule has 1 rings (SSSR count). The number of nitrogens with one attached hydrogen (secondary N) is 1. The zero-order chi connectivity index (χ0) is 15.3. The van der Waals surface area contributed by atoms with Gasteiger partial charge in [-0.05, 0) is 18.8 Å². The van der Waals surface area contributed by atoms with E-state index in [1.54, 1.807) is 0 Å². The highest BCUT2D eigenvalue weighted by atomic mass is 16.3. The predicted molar refractivity (Wildman–Crippen MR) is 80.0 cm³/mol. The molecule has 1 unspecified atom stereocenters. The maximum absolute atomic E-state index is 12.1. The van der Waals surface area contributed by atoms with Crippen LogP contribution in [0.25, 0.3) is 0 Å². The molecule has 7 nitrogen and oxygen atoms in total. The Bertz CT molecular complexity index is 562. The molecule has 0 fully saturated rings. The third-order valence-corrected chi connectivity index (χ3v) is 3.28. The first-order valence-corrected chi connectivity index (χ1v) is 6.88. The molecule has 20 heavy (non-hydrogen) atoms. The fourth-order valence-corrected chi connectivity index (χ4v) is 1.99. The SMILES string of the molecule is CCCn1c(N)c(NCC(C)CCO)c(=O)n(C)c1=O. The summed E-state index contributed by atoms with van der Waals surface area (Å²) >= 11 is 0. The number of aliphatic hydroxyl groups excluding tert-OH is 1. The lowest BCUT2D eigenvalue weighted by Crippen LogP contribution is -2.41. The van der Waals surface area contributed by atoms with Gasteiger partial charge in [-0.15, -0.1) is 0 Å². The third kappa shape index (κ3) is 3.41. The van der Waals surface area contributed by atoms with Crippen molar-refractivity contribution in [3.05, 3.63) is 20.8 Å². The van der Waals surface area contributed by atoms with E-state index in [0.717, 1.165) is 11.0 Å². The van der Waals surface area contributed by atoms with Crippen molar-refractivity contribution in [1.82, 2.24) is 9.13 Å². The van der Waals surface area contributed by atoms with Crippen molar-refractivity contribution in [2.45, 2.75) is 33.2 Å². The van der Waals surface area contributed by atoms with Crippen LogP contribution < -0.4 is 22.3 Å². The Morgan fingerprint density at radius 2 is 2.05 bits per heavy atom. The van der Waals surface area contributed by atoms with Gasteiger partial charge in [0.15, 0.2) is 0 Å². The first-order chi connectivity index (χ1) is 9.43. The highest BCUT2D eigenvalue weighted by Gasteiger charge is 2.15. The molecular weight excluding hydrogens is 260 g/mol. The Balaban J connectivity index is 3.13. The molecule has 0 spiro atoms. The Morgan fingerprint density at radius 3 is 2.60 bits per heavy atom. The summed E-state index contributed by atoms with van der Waals surface area (Å²) in [5.41, 5.74) is 5.37. The molecular formula is C13H24N4O3. The molecule has 0 bridgehead atoms. The van der Waals surface area contributed by atoms with E-state index in [9.17, 15) is 9.59 Å². The number of hydrogen-bond acceptors (Lipinski definition) is 5. The molecule has 1 aromatic rings. The normalized spacial score (nSPS) is 12.4. The molecule has 0 amide bonds. The average molecular weight is 284 g/mol. The minimum absolute atomic E-state index is 0.103. The van der Waals surface area contributed by atoms with Crippen LogP contribution >= 0.6 is 0 Å². The van der Waals surface area contributed by atoms with Crippen molar-refractivity contribution >= 4 is 11.5 Å². The molecule has 0 radical (unpaired) electrons. The average Bonchev–Trinajstić information content (AvgIpc) is 2.41. The van der Waals surface area contributed by atoms with Crippen molar-refractivity contribution in [3.63, 3.8) is 0 Å². The summed E-state index contributed by atoms with van der Waals surface area (Å²) in [7, 11) is 1.44. The van der Waals surface area contributed by atoms with E-state index in [1.165, 1.54) is 11.6 Å². The first-order valence-electron chi connectivity index (χ1n) is 6.88. The highest BCUT2D eigenvalue weighted by Crippen LogP contribution is 2.12. The van der Waals surface area contributed by atoms with E-state index in [4.69, 9.17) is 10.8 Å². The topological polar surface area (TPSA) is 102 Å². The van der Waals surface area contributed by atoms with Crippen LogP contribution in [0.3, 0.4) is 0 Å². The van der Waals surface area contributed by atoms with E-state index in [1.807, 2.05) is 13.8 Å². The second kappa shape index (κ2) is 7.14. The van der Waals surface area contributed by atoms with Gasteiger partial charge < -0.3 is 16.2 Å². The highest BCUT2D eigenvalue weighted by molar-refractivity contribution is 5.60. The van der Waals surface area contributed by atoms with Gasteiger partial charge in [0.2, 0.25) is 0 Å². The van der Waals surface area contributed by atoms with Crippen molar-refractivity contribution < 1.29 is 5.11 Å². The molecule has 0 aromatic carbocycles. The van der Waals surface area contributed by atoms with Gasteiger partial charge in [-0.2, -0.15) is 0 Å². The van der Waals surface area contributed by atoms with Crippen LogP contribution in [0.15, 0.2) is 9.59 Å². The van der Waals surface area contributed by atoms with Gasteiger partial charge in [0.1, 0.15) is 11.5 Å². The number of aliphatic hydroxyl groups is 1. The fourth-order valence-electron chi connectivity index (χ4n) is 1.99. The molecule has 7 heteroatoms. The number of nitrogens with two attached hydrogens (primary N) is 1. The fraction of sp³-hybridized carbons (Fsp3) is 0.692. The zero-order valence-corrected chi connectivity index (χ0v) is 12.3. The van der Waals surface area contributed by atoms with Crippen LogP contribution in [0.5, 0.6) is 0 Å². The molecule has 0 aliphatic heterocycles. The van der Waals surface area contributed by atoms with Crippen molar-refractivity contribution in [1.29, 1.82) is 0 Å². The number of anilines is 2. The largest absolute Gasteiger partial charge is 0.396 e. The van der Waals surface area contributed by atoms with Crippen molar-refractivity contribution in [3.8, 4) is 0 Å². The lowest BCUT2D eigenvalue weighted by atomic mass is 10.1. The van der Waals surface area contributed by atoms with E-state index >= 15 is 0 Å². The summed E-state index contributed by atoms with van der Waals surface area (Å²) in [5.74, 6) is 0.381. The molecule has 1 heterocycles. The van der Waals surface area contributed by atoms with E-state index in [0.29, 0.717) is 19.5 Å². The van der Waals surface area contributed by atoms with Crippen LogP contribution in [0, 0.1) is 5.92 Å². The summed E-state index contributed by atoms with van der Waals surface area (Å²) in [4.78, 5) is 24.1. The Labute approximate surface area is 118 Å². The summed E-state index contributed by atoms with van der Waals surface area (Å²) in [5, 5.41) is 11.9. The van der Waals surface area contributed by atoms with Gasteiger partial charge in [-0.25, -0.2) is 4.79 Å². The molecule has 0 saturated heterocycles. The molecule has 0 saturated carbocycles. The van der Waals surface area contributed by atoms with E-state index < -0.39 is 11.2 Å². The lowest BCUT2D eigenvalue weighted by molar-refractivity contribution is 0.266. The minimum Gasteiger partial charge on any atom is -0.396 e. The second-order valence-corrected chi connectivity index (χ2v) is 5.06. The Kier molecular flexibility index (Phi) is 5.82. The smallest absolute Gasteiger partial charge is 0.332 e. The number of nitrogen functional groups attached to an aromatic ring is 1. The number of hydrogen-bond donors (Lipinski definition) is 3. The Hall–Kier alpha value is -1.76. The maximum atomic E-state index is 12.1. The molecule has 1 aromatic heterocycles. The van der Waals surface area contributed by atoms with Gasteiger partial charge in [0.25, 0.3) is 5.56 Å². The summed E-state index contributed by atoms with van der Waals surface area (Å²) in [6, 6.07) is 0. The van der Waals surface area contributed by atoms with Gasteiger partial charge >= 0.3 is 5.69 Å². The van der Waals surface area contributed by atoms with Gasteiger partial charge in [0, 0.05) is 26.7 Å². The molecule has 4 N–H and O–H groups in total. The quantitative estimate of drug-likeness (QED) is 0.652. The number of rotatable bonds is 7. The van der Waals surface area contributed by atoms with Gasteiger partial charge in [0.05, 0.1) is 0 Å². The third-order valence-electron chi connectivity index (χ3n) is 3.28. The van der Waals surface area contributed by atoms with Crippen LogP contribution in [-0.2, 0) is 13.6 Å². The summed E-state index contributed by atoms with van der Waals surface area (Å²) < 4.78 is 2.46. The van der Waals surface area contributed by atoms with Crippen molar-refractivity contribution in [2.75, 3.05) is 24.2 Å². The number of nitrogens with zero attached hydrogens (tertiary/aromatic N) is 2. The van der Waals surface area contributed by atoms with Crippen LogP contribution in [0.1, 0.15) is 26.7 Å². The van der Waals surface area contributed by atoms with Gasteiger partial charge in [-0.3, -0.25) is 13.9 Å². The van der Waals surface area contributed by atoms with E-state index in [2.05, 4.69) is 5.32 Å². The van der Waals surface area contributed by atoms with Crippen molar-refractivity contribution in [2.24, 2.45) is 13.0 Å². The Morgan fingerprint density at radius 1 is 1.40 bits per heavy atom. The molecule has 1 atom stereocenters. The zero-order valence-electron chi connectivity index (χ0n) is 12.3. The molecule has 0 aliphatic rings. The van der Waals surface area contributed by atoms with Crippen LogP contribution in [0.4, 0.5) is 11.5 Å². The summed E-state index contributed by atoms with van der Waals surface area (Å²) in [6.45, 7) is 5.00. The maximum Gasteiger partial charge on any atom is 0.332 e. The van der Waals surface area contributed by atoms with E-state index in [-0.39, 0.29) is 24.0 Å². The first kappa shape index (κ1) is 16.3. The van der Waals surface area contributed by atoms with Crippen LogP contribution in [0.2, 0.25) is 0 Å². The second-order valence-electron chi connectivity index (χ2n) is 5.06. The number of aromatic nitrogens is 2. The summed E-state index contributed by atoms with van der Waals surface area (Å²) in [6.07, 6.45) is 1.39. The minimum atomic E-state index is -0.420. The van der Waals surface area contributed by atoms with Crippen LogP contribution in [-0.4, -0.2) is 27.4 Å². The predicted octanol–water partition coefficient (Wildman–Crippen LogP) is -0.0304. The molecule has 114 valence electrons. The molecule has 0 aliphatic carbocycles.